The third kappa shape index (κ3) is 2.69. The van der Waals surface area contributed by atoms with Crippen LogP contribution in [0.1, 0.15) is 5.69 Å². The molecule has 20 heavy (non-hydrogen) atoms. The van der Waals surface area contributed by atoms with Gasteiger partial charge in [-0.15, -0.1) is 0 Å². The standard InChI is InChI=1S/C15H17N5/c1-19(2)12-7-5-11(6-8-12)14-10-17-15(20(3)4)13(9-16)18-14/h5-8,10H,1-4H3. The second-order valence-electron chi connectivity index (χ2n) is 4.87. The lowest BCUT2D eigenvalue weighted by Crippen LogP contribution is -2.13. The fraction of sp³-hybridized carbons (Fsp3) is 0.267. The largest absolute Gasteiger partial charge is 0.378 e. The number of hydrogen-bond donors (Lipinski definition) is 0. The molecule has 0 aliphatic carbocycles. The predicted octanol–water partition coefficient (Wildman–Crippen LogP) is 2.15. The average molecular weight is 267 g/mol. The lowest BCUT2D eigenvalue weighted by molar-refractivity contribution is 1.03. The molecule has 5 nitrogen and oxygen atoms in total. The highest BCUT2D eigenvalue weighted by atomic mass is 15.1. The van der Waals surface area contributed by atoms with E-state index in [1.54, 1.807) is 11.1 Å². The maximum Gasteiger partial charge on any atom is 0.183 e. The van der Waals surface area contributed by atoms with Gasteiger partial charge in [0.15, 0.2) is 11.5 Å². The molecule has 102 valence electrons. The first-order chi connectivity index (χ1) is 9.52. The van der Waals surface area contributed by atoms with Crippen molar-refractivity contribution in [2.75, 3.05) is 38.0 Å². The molecule has 1 aromatic heterocycles. The molecule has 0 bridgehead atoms. The fourth-order valence-electron chi connectivity index (χ4n) is 1.85. The summed E-state index contributed by atoms with van der Waals surface area (Å²) >= 11 is 0. The van der Waals surface area contributed by atoms with E-state index in [1.807, 2.05) is 57.4 Å². The van der Waals surface area contributed by atoms with E-state index in [-0.39, 0.29) is 0 Å². The Kier molecular flexibility index (Phi) is 3.85. The van der Waals surface area contributed by atoms with E-state index in [9.17, 15) is 0 Å². The molecule has 1 aromatic carbocycles. The topological polar surface area (TPSA) is 56.1 Å². The lowest BCUT2D eigenvalue weighted by atomic mass is 10.1. The molecule has 0 amide bonds. The van der Waals surface area contributed by atoms with E-state index in [0.717, 1.165) is 11.3 Å². The van der Waals surface area contributed by atoms with Gasteiger partial charge in [0.1, 0.15) is 6.07 Å². The Balaban J connectivity index is 2.41. The minimum Gasteiger partial charge on any atom is -0.378 e. The Morgan fingerprint density at radius 1 is 1.00 bits per heavy atom. The molecular weight excluding hydrogens is 250 g/mol. The maximum absolute atomic E-state index is 9.17. The molecule has 0 aliphatic heterocycles. The van der Waals surface area contributed by atoms with Crippen molar-refractivity contribution in [3.63, 3.8) is 0 Å². The van der Waals surface area contributed by atoms with Gasteiger partial charge in [-0.3, -0.25) is 0 Å². The van der Waals surface area contributed by atoms with Crippen molar-refractivity contribution >= 4 is 11.5 Å². The zero-order chi connectivity index (χ0) is 14.7. The molecule has 5 heteroatoms. The van der Waals surface area contributed by atoms with Crippen molar-refractivity contribution in [1.82, 2.24) is 9.97 Å². The van der Waals surface area contributed by atoms with Crippen LogP contribution in [-0.4, -0.2) is 38.2 Å². The lowest BCUT2D eigenvalue weighted by Gasteiger charge is -2.14. The Morgan fingerprint density at radius 2 is 1.65 bits per heavy atom. The van der Waals surface area contributed by atoms with Crippen LogP contribution in [0, 0.1) is 11.3 Å². The quantitative estimate of drug-likeness (QED) is 0.853. The number of anilines is 2. The van der Waals surface area contributed by atoms with Crippen molar-refractivity contribution in [3.8, 4) is 17.3 Å². The maximum atomic E-state index is 9.17. The summed E-state index contributed by atoms with van der Waals surface area (Å²) in [5.41, 5.74) is 3.11. The first-order valence-corrected chi connectivity index (χ1v) is 6.25. The number of nitriles is 1. The first kappa shape index (κ1) is 13.8. The SMILES string of the molecule is CN(C)c1ccc(-c2cnc(N(C)C)c(C#N)n2)cc1. The van der Waals surface area contributed by atoms with Crippen molar-refractivity contribution in [2.24, 2.45) is 0 Å². The molecule has 0 N–H and O–H groups in total. The molecule has 0 aliphatic rings. The van der Waals surface area contributed by atoms with Crippen LogP contribution in [0.4, 0.5) is 11.5 Å². The second-order valence-corrected chi connectivity index (χ2v) is 4.87. The highest BCUT2D eigenvalue weighted by molar-refractivity contribution is 5.64. The minimum atomic E-state index is 0.337. The van der Waals surface area contributed by atoms with Gasteiger partial charge in [-0.05, 0) is 12.1 Å². The summed E-state index contributed by atoms with van der Waals surface area (Å²) in [7, 11) is 7.68. The summed E-state index contributed by atoms with van der Waals surface area (Å²) in [5, 5.41) is 9.17. The summed E-state index contributed by atoms with van der Waals surface area (Å²) in [6, 6.07) is 10.1. The molecule has 0 spiro atoms. The van der Waals surface area contributed by atoms with E-state index in [4.69, 9.17) is 5.26 Å². The molecule has 0 atom stereocenters. The number of benzene rings is 1. The van der Waals surface area contributed by atoms with Gasteiger partial charge in [0.2, 0.25) is 0 Å². The summed E-state index contributed by atoms with van der Waals surface area (Å²) in [6.45, 7) is 0. The van der Waals surface area contributed by atoms with Gasteiger partial charge in [0, 0.05) is 39.4 Å². The monoisotopic (exact) mass is 267 g/mol. The number of rotatable bonds is 3. The molecule has 1 heterocycles. The Bertz CT molecular complexity index is 638. The smallest absolute Gasteiger partial charge is 0.183 e. The summed E-state index contributed by atoms with van der Waals surface area (Å²) in [4.78, 5) is 12.5. The van der Waals surface area contributed by atoms with E-state index < -0.39 is 0 Å². The molecule has 0 unspecified atom stereocenters. The van der Waals surface area contributed by atoms with Crippen LogP contribution >= 0.6 is 0 Å². The van der Waals surface area contributed by atoms with E-state index in [1.165, 1.54) is 0 Å². The van der Waals surface area contributed by atoms with E-state index >= 15 is 0 Å². The van der Waals surface area contributed by atoms with Crippen LogP contribution < -0.4 is 9.80 Å². The number of aromatic nitrogens is 2. The minimum absolute atomic E-state index is 0.337. The average Bonchev–Trinajstić information content (AvgIpc) is 2.46. The third-order valence-corrected chi connectivity index (χ3v) is 2.96. The highest BCUT2D eigenvalue weighted by Gasteiger charge is 2.10. The van der Waals surface area contributed by atoms with Gasteiger partial charge < -0.3 is 9.80 Å². The summed E-state index contributed by atoms with van der Waals surface area (Å²) in [6.07, 6.45) is 1.70. The normalized spacial score (nSPS) is 9.95. The van der Waals surface area contributed by atoms with Gasteiger partial charge in [-0.25, -0.2) is 9.97 Å². The van der Waals surface area contributed by atoms with Gasteiger partial charge in [0.25, 0.3) is 0 Å². The van der Waals surface area contributed by atoms with Gasteiger partial charge in [0.05, 0.1) is 11.9 Å². The summed E-state index contributed by atoms with van der Waals surface area (Å²) < 4.78 is 0. The zero-order valence-corrected chi connectivity index (χ0v) is 12.1. The second kappa shape index (κ2) is 5.57. The van der Waals surface area contributed by atoms with Crippen LogP contribution in [0.15, 0.2) is 30.5 Å². The molecule has 0 saturated heterocycles. The molecule has 0 radical (unpaired) electrons. The molecular formula is C15H17N5. The van der Waals surface area contributed by atoms with Crippen molar-refractivity contribution in [1.29, 1.82) is 5.26 Å². The Labute approximate surface area is 119 Å². The molecule has 2 rings (SSSR count). The fourth-order valence-corrected chi connectivity index (χ4v) is 1.85. The molecule has 2 aromatic rings. The van der Waals surface area contributed by atoms with Crippen LogP contribution in [-0.2, 0) is 0 Å². The molecule has 0 saturated carbocycles. The Hall–Kier alpha value is -2.61. The van der Waals surface area contributed by atoms with Crippen LogP contribution in [0.5, 0.6) is 0 Å². The van der Waals surface area contributed by atoms with Crippen LogP contribution in [0.25, 0.3) is 11.3 Å². The number of hydrogen-bond acceptors (Lipinski definition) is 5. The predicted molar refractivity (Wildman–Crippen MR) is 80.8 cm³/mol. The van der Waals surface area contributed by atoms with Gasteiger partial charge in [-0.2, -0.15) is 5.26 Å². The van der Waals surface area contributed by atoms with Gasteiger partial charge in [-0.1, -0.05) is 12.1 Å². The van der Waals surface area contributed by atoms with Crippen molar-refractivity contribution in [2.45, 2.75) is 0 Å². The van der Waals surface area contributed by atoms with Gasteiger partial charge >= 0.3 is 0 Å². The van der Waals surface area contributed by atoms with Crippen molar-refractivity contribution in [3.05, 3.63) is 36.2 Å². The summed E-state index contributed by atoms with van der Waals surface area (Å²) in [5.74, 6) is 0.584. The molecule has 0 fully saturated rings. The zero-order valence-electron chi connectivity index (χ0n) is 12.1. The highest BCUT2D eigenvalue weighted by Crippen LogP contribution is 2.22. The van der Waals surface area contributed by atoms with E-state index in [2.05, 4.69) is 16.0 Å². The van der Waals surface area contributed by atoms with E-state index in [0.29, 0.717) is 17.2 Å². The van der Waals surface area contributed by atoms with Crippen LogP contribution in [0.3, 0.4) is 0 Å². The number of nitrogens with zero attached hydrogens (tertiary/aromatic N) is 5. The Morgan fingerprint density at radius 3 is 2.15 bits per heavy atom. The van der Waals surface area contributed by atoms with Crippen molar-refractivity contribution < 1.29 is 0 Å². The first-order valence-electron chi connectivity index (χ1n) is 6.25. The van der Waals surface area contributed by atoms with Crippen LogP contribution in [0.2, 0.25) is 0 Å². The third-order valence-electron chi connectivity index (χ3n) is 2.96.